The molecule has 2 N–H and O–H groups in total. The summed E-state index contributed by atoms with van der Waals surface area (Å²) in [6, 6.07) is 16.9. The van der Waals surface area contributed by atoms with E-state index in [0.717, 1.165) is 0 Å². The predicted molar refractivity (Wildman–Crippen MR) is 59.8 cm³/mol. The Hall–Kier alpha value is -0.631. The molecular formula is C11H13FeO3P-6. The van der Waals surface area contributed by atoms with Crippen LogP contribution in [0.1, 0.15) is 5.56 Å². The van der Waals surface area contributed by atoms with E-state index in [-0.39, 0.29) is 23.2 Å². The molecule has 0 amide bonds. The maximum Gasteiger partial charge on any atom is 0.318 e. The van der Waals surface area contributed by atoms with Crippen LogP contribution in [-0.4, -0.2) is 9.79 Å². The largest absolute Gasteiger partial charge is 0.748 e. The summed E-state index contributed by atoms with van der Waals surface area (Å²) in [7, 11) is -3.85. The molecule has 0 unspecified atom stereocenters. The minimum atomic E-state index is -3.85. The van der Waals surface area contributed by atoms with E-state index in [1.54, 1.807) is 24.3 Å². The summed E-state index contributed by atoms with van der Waals surface area (Å²) >= 11 is 0. The van der Waals surface area contributed by atoms with Gasteiger partial charge in [0.25, 0.3) is 0 Å². The van der Waals surface area contributed by atoms with Crippen LogP contribution in [0.5, 0.6) is 0 Å². The van der Waals surface area contributed by atoms with Gasteiger partial charge in [-0.3, -0.25) is 4.57 Å². The molecule has 0 saturated heterocycles. The molecule has 3 nitrogen and oxygen atoms in total. The third-order valence-electron chi connectivity index (χ3n) is 1.68. The molecule has 0 aliphatic heterocycles. The summed E-state index contributed by atoms with van der Waals surface area (Å²) < 4.78 is 10.4. The molecule has 0 aromatic heterocycles. The molecule has 0 atom stereocenters. The minimum absolute atomic E-state index is 0. The van der Waals surface area contributed by atoms with Gasteiger partial charge in [-0.1, -0.05) is 0 Å². The Labute approximate surface area is 105 Å². The summed E-state index contributed by atoms with van der Waals surface area (Å²) in [5.74, 6) is 0. The third kappa shape index (κ3) is 7.63. The van der Waals surface area contributed by atoms with Crippen LogP contribution in [0, 0.1) is 0 Å². The molecule has 0 heterocycles. The maximum atomic E-state index is 10.4. The SMILES string of the molecule is O=P(O)(O)C[c-]1cccc1.[Fe].[cH-]1[cH-][cH-][cH-][cH-]1. The van der Waals surface area contributed by atoms with Crippen LogP contribution >= 0.6 is 7.60 Å². The van der Waals surface area contributed by atoms with Gasteiger partial charge in [0.15, 0.2) is 0 Å². The van der Waals surface area contributed by atoms with E-state index in [9.17, 15) is 4.57 Å². The Morgan fingerprint density at radius 2 is 1.38 bits per heavy atom. The molecule has 0 fully saturated rings. The average Bonchev–Trinajstić information content (AvgIpc) is 2.71. The van der Waals surface area contributed by atoms with Crippen molar-refractivity contribution in [2.45, 2.75) is 6.16 Å². The molecular weight excluding hydrogens is 267 g/mol. The van der Waals surface area contributed by atoms with E-state index in [0.29, 0.717) is 5.56 Å². The summed E-state index contributed by atoms with van der Waals surface area (Å²) in [4.78, 5) is 17.0. The van der Waals surface area contributed by atoms with E-state index >= 15 is 0 Å². The third-order valence-corrected chi connectivity index (χ3v) is 2.45. The van der Waals surface area contributed by atoms with Gasteiger partial charge in [0.05, 0.1) is 0 Å². The fraction of sp³-hybridized carbons (Fsp3) is 0.0909. The van der Waals surface area contributed by atoms with Gasteiger partial charge in [-0.2, -0.15) is 12.1 Å². The second-order valence-electron chi connectivity index (χ2n) is 3.08. The van der Waals surface area contributed by atoms with Crippen molar-refractivity contribution < 1.29 is 31.4 Å². The van der Waals surface area contributed by atoms with Crippen LogP contribution in [0.2, 0.25) is 0 Å². The van der Waals surface area contributed by atoms with Crippen molar-refractivity contribution in [1.29, 1.82) is 0 Å². The predicted octanol–water partition coefficient (Wildman–Crippen LogP) is 2.49. The molecule has 94 valence electrons. The van der Waals surface area contributed by atoms with Crippen LogP contribution in [0.15, 0.2) is 54.6 Å². The number of rotatable bonds is 2. The standard InChI is InChI=1S/C6H8O3P.C5H5.Fe/c7-10(8,9)5-6-3-1-2-4-6;1-2-4-5-3-1;/h1-4H,5H2,(H2,7,8,9);1-5H;/q-1;-5;. The normalized spacial score (nSPS) is 9.88. The second kappa shape index (κ2) is 7.61. The zero-order valence-corrected chi connectivity index (χ0v) is 10.5. The fourth-order valence-corrected chi connectivity index (χ4v) is 1.76. The molecule has 0 aliphatic rings. The monoisotopic (exact) mass is 280 g/mol. The van der Waals surface area contributed by atoms with Gasteiger partial charge in [-0.25, -0.2) is 12.1 Å². The van der Waals surface area contributed by atoms with Gasteiger partial charge in [-0.15, -0.1) is 5.56 Å². The van der Waals surface area contributed by atoms with Crippen molar-refractivity contribution in [3.63, 3.8) is 0 Å². The van der Waals surface area contributed by atoms with Gasteiger partial charge in [0.1, 0.15) is 0 Å². The maximum absolute atomic E-state index is 10.4. The van der Waals surface area contributed by atoms with Crippen LogP contribution in [0.4, 0.5) is 0 Å². The first-order chi connectivity index (χ1) is 7.08. The minimum Gasteiger partial charge on any atom is -0.748 e. The first-order valence-corrected chi connectivity index (χ1v) is 6.29. The van der Waals surface area contributed by atoms with Gasteiger partial charge < -0.3 is 40.1 Å². The van der Waals surface area contributed by atoms with E-state index in [2.05, 4.69) is 0 Å². The Morgan fingerprint density at radius 1 is 1.00 bits per heavy atom. The van der Waals surface area contributed by atoms with Gasteiger partial charge in [-0.05, 0) is 0 Å². The first-order valence-electron chi connectivity index (χ1n) is 4.50. The molecule has 2 aromatic carbocycles. The van der Waals surface area contributed by atoms with E-state index < -0.39 is 7.60 Å². The van der Waals surface area contributed by atoms with E-state index in [1.807, 2.05) is 30.3 Å². The van der Waals surface area contributed by atoms with E-state index in [1.165, 1.54) is 0 Å². The van der Waals surface area contributed by atoms with Crippen molar-refractivity contribution in [1.82, 2.24) is 0 Å². The quantitative estimate of drug-likeness (QED) is 0.505. The van der Waals surface area contributed by atoms with Crippen LogP contribution in [0.3, 0.4) is 0 Å². The number of hydrogen-bond acceptors (Lipinski definition) is 1. The van der Waals surface area contributed by atoms with E-state index in [4.69, 9.17) is 9.79 Å². The Bertz CT molecular complexity index is 372. The van der Waals surface area contributed by atoms with Gasteiger partial charge in [0.2, 0.25) is 0 Å². The van der Waals surface area contributed by atoms with Crippen molar-refractivity contribution in [3.8, 4) is 0 Å². The van der Waals surface area contributed by atoms with Crippen LogP contribution in [0.25, 0.3) is 0 Å². The summed E-state index contributed by atoms with van der Waals surface area (Å²) in [5, 5.41) is 0. The molecule has 16 heavy (non-hydrogen) atoms. The molecule has 0 bridgehead atoms. The van der Waals surface area contributed by atoms with Crippen molar-refractivity contribution in [2.24, 2.45) is 0 Å². The smallest absolute Gasteiger partial charge is 0.318 e. The van der Waals surface area contributed by atoms with Gasteiger partial charge >= 0.3 is 7.60 Å². The Kier molecular flexibility index (Phi) is 7.31. The summed E-state index contributed by atoms with van der Waals surface area (Å²) in [5.41, 5.74) is 0.688. The zero-order valence-electron chi connectivity index (χ0n) is 8.51. The summed E-state index contributed by atoms with van der Waals surface area (Å²) in [6.45, 7) is 0. The molecule has 5 heteroatoms. The Morgan fingerprint density at radius 3 is 1.69 bits per heavy atom. The van der Waals surface area contributed by atoms with Crippen LogP contribution < -0.4 is 0 Å². The zero-order chi connectivity index (χ0) is 11.1. The van der Waals surface area contributed by atoms with Crippen molar-refractivity contribution in [3.05, 3.63) is 60.2 Å². The fourth-order valence-electron chi connectivity index (χ4n) is 1.08. The van der Waals surface area contributed by atoms with Gasteiger partial charge in [0, 0.05) is 23.2 Å². The molecule has 0 spiro atoms. The topological polar surface area (TPSA) is 57.5 Å². The molecule has 0 radical (unpaired) electrons. The molecule has 0 saturated carbocycles. The summed E-state index contributed by atoms with van der Waals surface area (Å²) in [6.07, 6.45) is -0.153. The Balaban J connectivity index is 0.000000318. The second-order valence-corrected chi connectivity index (χ2v) is 4.72. The molecule has 2 aromatic rings. The molecule has 2 rings (SSSR count). The van der Waals surface area contributed by atoms with Crippen molar-refractivity contribution in [2.75, 3.05) is 0 Å². The van der Waals surface area contributed by atoms with Crippen LogP contribution in [-0.2, 0) is 27.8 Å². The molecule has 0 aliphatic carbocycles. The van der Waals surface area contributed by atoms with Crippen molar-refractivity contribution >= 4 is 7.60 Å². The average molecular weight is 280 g/mol. The first kappa shape index (κ1) is 15.4. The number of hydrogen-bond donors (Lipinski definition) is 2.